The summed E-state index contributed by atoms with van der Waals surface area (Å²) >= 11 is 0. The van der Waals surface area contributed by atoms with E-state index in [4.69, 9.17) is 19.4 Å². The predicted octanol–water partition coefficient (Wildman–Crippen LogP) is 2.31. The molecule has 8 nitrogen and oxygen atoms in total. The number of alkyl halides is 3. The highest BCUT2D eigenvalue weighted by atomic mass is 19.4. The van der Waals surface area contributed by atoms with Crippen molar-refractivity contribution in [3.05, 3.63) is 48.3 Å². The van der Waals surface area contributed by atoms with Crippen molar-refractivity contribution in [3.8, 4) is 0 Å². The third-order valence-corrected chi connectivity index (χ3v) is 5.02. The van der Waals surface area contributed by atoms with Gasteiger partial charge in [-0.15, -0.1) is 0 Å². The summed E-state index contributed by atoms with van der Waals surface area (Å²) in [4.78, 5) is 23.5. The summed E-state index contributed by atoms with van der Waals surface area (Å²) in [6, 6.07) is 5.79. The van der Waals surface area contributed by atoms with Crippen LogP contribution in [-0.4, -0.2) is 65.1 Å². The Balaban J connectivity index is 0.000000339. The summed E-state index contributed by atoms with van der Waals surface area (Å²) in [5.41, 5.74) is 0.855. The number of aliphatic carboxylic acids is 1. The van der Waals surface area contributed by atoms with Gasteiger partial charge in [0, 0.05) is 30.6 Å². The molecule has 31 heavy (non-hydrogen) atoms. The number of rotatable bonds is 5. The van der Waals surface area contributed by atoms with Crippen LogP contribution in [-0.2, 0) is 20.9 Å². The minimum Gasteiger partial charge on any atom is -0.475 e. The fraction of sp³-hybridized carbons (Fsp3) is 0.474. The second-order valence-electron chi connectivity index (χ2n) is 7.27. The summed E-state index contributed by atoms with van der Waals surface area (Å²) in [5, 5.41) is 7.12. The lowest BCUT2D eigenvalue weighted by molar-refractivity contribution is -0.192. The topological polar surface area (TPSA) is 97.7 Å². The molecule has 2 atom stereocenters. The summed E-state index contributed by atoms with van der Waals surface area (Å²) in [5.74, 6) is -2.24. The van der Waals surface area contributed by atoms with Gasteiger partial charge in [-0.25, -0.2) is 19.2 Å². The van der Waals surface area contributed by atoms with Crippen molar-refractivity contribution in [2.45, 2.75) is 12.8 Å². The van der Waals surface area contributed by atoms with Crippen LogP contribution in [0.5, 0.6) is 0 Å². The molecule has 2 aliphatic rings. The highest BCUT2D eigenvalue weighted by molar-refractivity contribution is 5.73. The van der Waals surface area contributed by atoms with Crippen LogP contribution in [0.4, 0.5) is 23.5 Å². The number of carbonyl (C=O) groups is 1. The number of pyridine rings is 1. The fourth-order valence-corrected chi connectivity index (χ4v) is 3.50. The molecule has 12 heteroatoms. The van der Waals surface area contributed by atoms with Crippen molar-refractivity contribution in [2.24, 2.45) is 11.3 Å². The van der Waals surface area contributed by atoms with Crippen molar-refractivity contribution in [2.75, 3.05) is 37.8 Å². The first-order valence-electron chi connectivity index (χ1n) is 9.28. The van der Waals surface area contributed by atoms with Crippen molar-refractivity contribution in [1.82, 2.24) is 15.0 Å². The third kappa shape index (κ3) is 5.85. The Labute approximate surface area is 174 Å². The van der Waals surface area contributed by atoms with E-state index in [2.05, 4.69) is 19.9 Å². The maximum Gasteiger partial charge on any atom is 0.490 e. The van der Waals surface area contributed by atoms with Gasteiger partial charge in [0.15, 0.2) is 5.82 Å². The fourth-order valence-electron chi connectivity index (χ4n) is 3.50. The predicted molar refractivity (Wildman–Crippen MR) is 98.5 cm³/mol. The molecule has 0 radical (unpaired) electrons. The monoisotopic (exact) mass is 444 g/mol. The van der Waals surface area contributed by atoms with Gasteiger partial charge >= 0.3 is 12.1 Å². The van der Waals surface area contributed by atoms with Gasteiger partial charge in [0.1, 0.15) is 0 Å². The van der Waals surface area contributed by atoms with Gasteiger partial charge < -0.3 is 19.5 Å². The van der Waals surface area contributed by atoms with Gasteiger partial charge in [-0.1, -0.05) is 6.07 Å². The number of carboxylic acids is 1. The van der Waals surface area contributed by atoms with E-state index < -0.39 is 18.0 Å². The lowest BCUT2D eigenvalue weighted by Crippen LogP contribution is -2.36. The van der Waals surface area contributed by atoms with Crippen LogP contribution in [0, 0.1) is 17.2 Å². The first kappa shape index (κ1) is 22.8. The summed E-state index contributed by atoms with van der Waals surface area (Å²) in [6.45, 7) is 4.03. The molecule has 2 aromatic rings. The Morgan fingerprint density at radius 3 is 2.61 bits per heavy atom. The molecule has 4 rings (SSSR count). The van der Waals surface area contributed by atoms with Crippen molar-refractivity contribution >= 4 is 11.9 Å². The Kier molecular flexibility index (Phi) is 7.01. The van der Waals surface area contributed by atoms with Crippen LogP contribution in [0.3, 0.4) is 0 Å². The van der Waals surface area contributed by atoms with Crippen LogP contribution >= 0.6 is 0 Å². The molecule has 0 spiro atoms. The van der Waals surface area contributed by atoms with Crippen LogP contribution in [0.25, 0.3) is 0 Å². The van der Waals surface area contributed by atoms with Crippen molar-refractivity contribution in [1.29, 1.82) is 0 Å². The van der Waals surface area contributed by atoms with Crippen molar-refractivity contribution in [3.63, 3.8) is 0 Å². The smallest absolute Gasteiger partial charge is 0.475 e. The zero-order chi connectivity index (χ0) is 22.5. The zero-order valence-corrected chi connectivity index (χ0v) is 16.3. The maximum absolute atomic E-state index is 13.0. The van der Waals surface area contributed by atoms with E-state index in [1.807, 2.05) is 18.2 Å². The number of nitrogens with zero attached hydrogens (tertiary/aromatic N) is 4. The van der Waals surface area contributed by atoms with Gasteiger partial charge in [-0.05, 0) is 12.1 Å². The van der Waals surface area contributed by atoms with E-state index in [9.17, 15) is 17.6 Å². The molecule has 168 valence electrons. The number of hydrogen-bond acceptors (Lipinski definition) is 7. The van der Waals surface area contributed by atoms with Gasteiger partial charge in [0.05, 0.1) is 44.5 Å². The summed E-state index contributed by atoms with van der Waals surface area (Å²) in [6.07, 6.45) is -0.907. The molecule has 0 amide bonds. The number of carboxylic acid groups (broad SMARTS) is 1. The van der Waals surface area contributed by atoms with Crippen LogP contribution < -0.4 is 4.90 Å². The highest BCUT2D eigenvalue weighted by Crippen LogP contribution is 2.42. The Bertz CT molecular complexity index is 869. The van der Waals surface area contributed by atoms with Crippen LogP contribution in [0.15, 0.2) is 36.8 Å². The van der Waals surface area contributed by atoms with Crippen LogP contribution in [0.1, 0.15) is 5.69 Å². The number of ether oxygens (including phenoxy) is 2. The molecule has 0 aromatic carbocycles. The maximum atomic E-state index is 13.0. The molecule has 0 unspecified atom stereocenters. The Hall–Kier alpha value is -2.86. The van der Waals surface area contributed by atoms with E-state index in [-0.39, 0.29) is 5.41 Å². The quantitative estimate of drug-likeness (QED) is 0.702. The first-order chi connectivity index (χ1) is 14.7. The van der Waals surface area contributed by atoms with E-state index in [0.29, 0.717) is 38.3 Å². The largest absolute Gasteiger partial charge is 0.490 e. The SMILES string of the molecule is Fc1cnc(N2C[C@@H]3COC[C@]3(COCc3ccccn3)C2)nc1.O=C(O)C(F)(F)F. The average Bonchev–Trinajstić information content (AvgIpc) is 3.26. The molecular weight excluding hydrogens is 424 g/mol. The Morgan fingerprint density at radius 2 is 2.00 bits per heavy atom. The summed E-state index contributed by atoms with van der Waals surface area (Å²) < 4.78 is 56.4. The minimum atomic E-state index is -5.08. The van der Waals surface area contributed by atoms with Gasteiger partial charge in [0.25, 0.3) is 0 Å². The number of aromatic nitrogens is 3. The number of fused-ring (bicyclic) bond motifs is 1. The van der Waals surface area contributed by atoms with E-state index in [0.717, 1.165) is 18.8 Å². The number of hydrogen-bond donors (Lipinski definition) is 1. The number of anilines is 1. The molecule has 4 heterocycles. The molecule has 2 fully saturated rings. The standard InChI is InChI=1S/C17H19FN4O2.C2HF3O2/c18-14-5-20-16(21-6-14)22-7-13-8-23-11-17(13,10-22)12-24-9-15-3-1-2-4-19-15;3-2(4,5)1(6)7/h1-6,13H,7-12H2;(H,6,7)/t13-,17+;/m1./s1. The lowest BCUT2D eigenvalue weighted by atomic mass is 9.82. The second-order valence-corrected chi connectivity index (χ2v) is 7.27. The molecule has 2 aliphatic heterocycles. The van der Waals surface area contributed by atoms with E-state index in [1.165, 1.54) is 12.4 Å². The average molecular weight is 444 g/mol. The molecule has 2 saturated heterocycles. The van der Waals surface area contributed by atoms with Crippen LogP contribution in [0.2, 0.25) is 0 Å². The molecule has 1 N–H and O–H groups in total. The van der Waals surface area contributed by atoms with Gasteiger partial charge in [-0.3, -0.25) is 4.98 Å². The first-order valence-corrected chi connectivity index (χ1v) is 9.28. The molecule has 0 bridgehead atoms. The molecule has 0 saturated carbocycles. The molecular formula is C19H20F4N4O4. The van der Waals surface area contributed by atoms with Crippen molar-refractivity contribution < 1.29 is 36.9 Å². The third-order valence-electron chi connectivity index (χ3n) is 5.02. The lowest BCUT2D eigenvalue weighted by Gasteiger charge is -2.26. The van der Waals surface area contributed by atoms with Gasteiger partial charge in [0.2, 0.25) is 5.95 Å². The second kappa shape index (κ2) is 9.52. The normalized spacial score (nSPS) is 22.6. The summed E-state index contributed by atoms with van der Waals surface area (Å²) in [7, 11) is 0. The molecule has 2 aromatic heterocycles. The zero-order valence-electron chi connectivity index (χ0n) is 16.3. The Morgan fingerprint density at radius 1 is 1.29 bits per heavy atom. The highest BCUT2D eigenvalue weighted by Gasteiger charge is 2.51. The van der Waals surface area contributed by atoms with E-state index >= 15 is 0 Å². The molecule has 0 aliphatic carbocycles. The number of halogens is 4. The van der Waals surface area contributed by atoms with Gasteiger partial charge in [-0.2, -0.15) is 13.2 Å². The minimum absolute atomic E-state index is 0.0630. The van der Waals surface area contributed by atoms with E-state index in [1.54, 1.807) is 6.20 Å².